The monoisotopic (exact) mass is 579 g/mol. The van der Waals surface area contributed by atoms with E-state index in [-0.39, 0.29) is 7.43 Å². The number of benzene rings is 3. The molecule has 0 aliphatic heterocycles. The van der Waals surface area contributed by atoms with E-state index in [9.17, 15) is 0 Å². The minimum atomic E-state index is 0. The van der Waals surface area contributed by atoms with Gasteiger partial charge in [-0.3, -0.25) is 4.98 Å². The van der Waals surface area contributed by atoms with E-state index in [1.165, 1.54) is 16.3 Å². The van der Waals surface area contributed by atoms with Crippen LogP contribution in [0.5, 0.6) is 0 Å². The fourth-order valence-electron chi connectivity index (χ4n) is 2.21. The zero-order valence-corrected chi connectivity index (χ0v) is 28.9. The van der Waals surface area contributed by atoms with Gasteiger partial charge in [0.05, 0.1) is 0 Å². The highest BCUT2D eigenvalue weighted by Gasteiger charge is 1.85. The Labute approximate surface area is 261 Å². The average molecular weight is 580 g/mol. The second-order valence-corrected chi connectivity index (χ2v) is 6.64. The van der Waals surface area contributed by atoms with Crippen LogP contribution in [-0.2, 0) is 0 Å². The van der Waals surface area contributed by atoms with Gasteiger partial charge in [0, 0.05) is 12.4 Å². The van der Waals surface area contributed by atoms with E-state index >= 15 is 0 Å². The largest absolute Gasteiger partial charge is 0.265 e. The van der Waals surface area contributed by atoms with Crippen LogP contribution in [0.3, 0.4) is 0 Å². The molecule has 0 unspecified atom stereocenters. The van der Waals surface area contributed by atoms with Gasteiger partial charge in [-0.05, 0) is 40.6 Å². The van der Waals surface area contributed by atoms with Gasteiger partial charge < -0.3 is 0 Å². The molecule has 0 radical (unpaired) electrons. The fourth-order valence-corrected chi connectivity index (χ4v) is 2.66. The van der Waals surface area contributed by atoms with E-state index in [1.54, 1.807) is 23.7 Å². The molecule has 0 atom stereocenters. The summed E-state index contributed by atoms with van der Waals surface area (Å²) in [6.45, 7) is 26.1. The Morgan fingerprint density at radius 1 is 0.390 bits per heavy atom. The third kappa shape index (κ3) is 39.0. The minimum absolute atomic E-state index is 0. The standard InChI is InChI=1S/C10H8.C7H8.C5H5N.C4H4S.6C2H6.CH4/c1-2-6-10-8-4-3-7-9(10)5-1;1-7-5-3-2-4-6-7;1-2-4-6-5-3-1;1-2-4-5-3-1;6*1-2;/h1-8H;2-6H,1H3;1-5H;1-4H;6*1-2H3;1H4. The number of hydrogen-bond donors (Lipinski definition) is 0. The molecule has 41 heavy (non-hydrogen) atoms. The summed E-state index contributed by atoms with van der Waals surface area (Å²) in [5.74, 6) is 0. The average Bonchev–Trinajstić information content (AvgIpc) is 3.69. The van der Waals surface area contributed by atoms with Crippen LogP contribution in [-0.4, -0.2) is 4.98 Å². The predicted octanol–water partition coefficient (Wildman–Crippen LogP) is 14.5. The lowest BCUT2D eigenvalue weighted by Gasteiger charge is -1.92. The number of fused-ring (bicyclic) bond motifs is 1. The molecule has 0 amide bonds. The van der Waals surface area contributed by atoms with E-state index in [0.717, 1.165) is 0 Å². The SMILES string of the molecule is C.CC.CC.CC.CC.CC.CC.Cc1ccccc1.c1ccc2ccccc2c1.c1ccncc1.c1ccsc1. The maximum atomic E-state index is 3.78. The molecule has 0 saturated carbocycles. The van der Waals surface area contributed by atoms with E-state index in [1.807, 2.05) is 142 Å². The minimum Gasteiger partial charge on any atom is -0.265 e. The number of aromatic nitrogens is 1. The van der Waals surface area contributed by atoms with Gasteiger partial charge in [0.2, 0.25) is 0 Å². The van der Waals surface area contributed by atoms with Crippen molar-refractivity contribution in [2.75, 3.05) is 0 Å². The highest BCUT2D eigenvalue weighted by atomic mass is 32.1. The Balaban J connectivity index is -0.0000000897. The van der Waals surface area contributed by atoms with Crippen LogP contribution in [0, 0.1) is 6.92 Å². The zero-order valence-electron chi connectivity index (χ0n) is 28.1. The van der Waals surface area contributed by atoms with Gasteiger partial charge in [0.15, 0.2) is 0 Å². The maximum Gasteiger partial charge on any atom is 0.0267 e. The van der Waals surface area contributed by atoms with E-state index in [2.05, 4.69) is 72.6 Å². The van der Waals surface area contributed by atoms with Crippen molar-refractivity contribution in [3.05, 3.63) is 138 Å². The van der Waals surface area contributed by atoms with Crippen molar-refractivity contribution >= 4 is 22.1 Å². The van der Waals surface area contributed by atoms with Crippen LogP contribution < -0.4 is 0 Å². The predicted molar refractivity (Wildman–Crippen MR) is 199 cm³/mol. The molecular weight excluding hydrogens is 515 g/mol. The molecule has 2 aromatic heterocycles. The molecule has 232 valence electrons. The van der Waals surface area contributed by atoms with Gasteiger partial charge in [0.1, 0.15) is 0 Å². The highest BCUT2D eigenvalue weighted by Crippen LogP contribution is 2.11. The lowest BCUT2D eigenvalue weighted by molar-refractivity contribution is 1.33. The lowest BCUT2D eigenvalue weighted by atomic mass is 10.1. The number of hydrogen-bond acceptors (Lipinski definition) is 2. The molecule has 2 heteroatoms. The first-order valence-corrected chi connectivity index (χ1v) is 16.1. The summed E-state index contributed by atoms with van der Waals surface area (Å²) >= 11 is 1.71. The summed E-state index contributed by atoms with van der Waals surface area (Å²) in [5.41, 5.74) is 1.32. The first kappa shape index (κ1) is 50.6. The van der Waals surface area contributed by atoms with Crippen LogP contribution in [0.2, 0.25) is 0 Å². The number of aryl methyl sites for hydroxylation is 1. The zero-order chi connectivity index (χ0) is 31.7. The van der Waals surface area contributed by atoms with Crippen molar-refractivity contribution in [3.8, 4) is 0 Å². The summed E-state index contributed by atoms with van der Waals surface area (Å²) in [6.07, 6.45) is 3.50. The Hall–Kier alpha value is -3.23. The molecule has 2 heterocycles. The molecule has 0 fully saturated rings. The highest BCUT2D eigenvalue weighted by molar-refractivity contribution is 7.07. The van der Waals surface area contributed by atoms with Gasteiger partial charge in [-0.2, -0.15) is 11.3 Å². The van der Waals surface area contributed by atoms with Gasteiger partial charge in [0.25, 0.3) is 0 Å². The Bertz CT molecular complexity index is 857. The summed E-state index contributed by atoms with van der Waals surface area (Å²) in [7, 11) is 0. The lowest BCUT2D eigenvalue weighted by Crippen LogP contribution is -1.67. The van der Waals surface area contributed by atoms with Crippen LogP contribution >= 0.6 is 11.3 Å². The van der Waals surface area contributed by atoms with Crippen molar-refractivity contribution in [1.82, 2.24) is 4.98 Å². The van der Waals surface area contributed by atoms with Gasteiger partial charge in [-0.1, -0.05) is 193 Å². The van der Waals surface area contributed by atoms with E-state index in [0.29, 0.717) is 0 Å². The summed E-state index contributed by atoms with van der Waals surface area (Å²) in [4.78, 5) is 3.78. The number of nitrogens with zero attached hydrogens (tertiary/aromatic N) is 1. The van der Waals surface area contributed by atoms with Crippen LogP contribution in [0.1, 0.15) is 96.1 Å². The first-order valence-electron chi connectivity index (χ1n) is 15.1. The van der Waals surface area contributed by atoms with Gasteiger partial charge in [-0.15, -0.1) is 0 Å². The van der Waals surface area contributed by atoms with E-state index < -0.39 is 0 Å². The third-order valence-electron chi connectivity index (χ3n) is 3.59. The summed E-state index contributed by atoms with van der Waals surface area (Å²) in [5, 5.41) is 6.70. The number of thiophene rings is 1. The Morgan fingerprint density at radius 3 is 0.854 bits per heavy atom. The second kappa shape index (κ2) is 53.1. The van der Waals surface area contributed by atoms with E-state index in [4.69, 9.17) is 0 Å². The molecule has 0 aliphatic carbocycles. The van der Waals surface area contributed by atoms with Crippen molar-refractivity contribution < 1.29 is 0 Å². The van der Waals surface area contributed by atoms with Crippen LogP contribution in [0.4, 0.5) is 0 Å². The van der Waals surface area contributed by atoms with Gasteiger partial charge >= 0.3 is 0 Å². The second-order valence-electron chi connectivity index (χ2n) is 5.82. The molecule has 0 spiro atoms. The van der Waals surface area contributed by atoms with Crippen LogP contribution in [0.15, 0.2) is 132 Å². The smallest absolute Gasteiger partial charge is 0.0267 e. The van der Waals surface area contributed by atoms with Crippen molar-refractivity contribution in [3.63, 3.8) is 0 Å². The quantitative estimate of drug-likeness (QED) is 0.178. The maximum absolute atomic E-state index is 3.78. The molecule has 0 saturated heterocycles. The Morgan fingerprint density at radius 2 is 0.683 bits per heavy atom. The molecule has 0 aliphatic rings. The first-order chi connectivity index (χ1) is 19.9. The molecule has 5 aromatic rings. The topological polar surface area (TPSA) is 12.9 Å². The summed E-state index contributed by atoms with van der Waals surface area (Å²) in [6, 6.07) is 36.7. The fraction of sp³-hybridized carbons (Fsp3) is 0.359. The summed E-state index contributed by atoms with van der Waals surface area (Å²) < 4.78 is 0. The van der Waals surface area contributed by atoms with Crippen molar-refractivity contribution in [2.45, 2.75) is 97.4 Å². The molecular formula is C39H65NS. The number of rotatable bonds is 0. The number of pyridine rings is 1. The van der Waals surface area contributed by atoms with Crippen molar-refractivity contribution in [1.29, 1.82) is 0 Å². The molecule has 0 bridgehead atoms. The van der Waals surface area contributed by atoms with Crippen LogP contribution in [0.25, 0.3) is 10.8 Å². The molecule has 5 rings (SSSR count). The molecule has 1 nitrogen and oxygen atoms in total. The van der Waals surface area contributed by atoms with Gasteiger partial charge in [-0.25, -0.2) is 0 Å². The normalized spacial score (nSPS) is 6.95. The third-order valence-corrected chi connectivity index (χ3v) is 4.22. The Kier molecular flexibility index (Phi) is 65.5. The molecule has 0 N–H and O–H groups in total. The molecule has 3 aromatic carbocycles. The van der Waals surface area contributed by atoms with Crippen molar-refractivity contribution in [2.24, 2.45) is 0 Å².